The zero-order chi connectivity index (χ0) is 42.6. The third kappa shape index (κ3) is 5.60. The molecule has 0 aliphatic rings. The first-order valence-electron chi connectivity index (χ1n) is 22.0. The van der Waals surface area contributed by atoms with Crippen molar-refractivity contribution < 1.29 is 4.42 Å². The summed E-state index contributed by atoms with van der Waals surface area (Å²) in [6, 6.07) is 82.1. The molecule has 304 valence electrons. The maximum Gasteiger partial charge on any atom is 0.182 e. The second-order valence-electron chi connectivity index (χ2n) is 17.1. The molecule has 4 aromatic heterocycles. The van der Waals surface area contributed by atoms with Crippen LogP contribution in [0.25, 0.3) is 105 Å². The Bertz CT molecular complexity index is 3920. The summed E-state index contributed by atoms with van der Waals surface area (Å²) in [5.74, 6) is 0. The van der Waals surface area contributed by atoms with E-state index in [1.165, 1.54) is 104 Å². The van der Waals surface area contributed by atoms with Crippen molar-refractivity contribution in [1.82, 2.24) is 0 Å². The number of thiophene rings is 3. The van der Waals surface area contributed by atoms with Gasteiger partial charge in [0.25, 0.3) is 0 Å². The smallest absolute Gasteiger partial charge is 0.182 e. The first-order valence-corrected chi connectivity index (χ1v) is 26.5. The van der Waals surface area contributed by atoms with Gasteiger partial charge >= 0.3 is 0 Å². The molecule has 0 aliphatic carbocycles. The van der Waals surface area contributed by atoms with Gasteiger partial charge in [0.15, 0.2) is 8.07 Å². The van der Waals surface area contributed by atoms with Gasteiger partial charge in [-0.3, -0.25) is 0 Å². The molecule has 0 N–H and O–H groups in total. The molecule has 14 aromatic rings. The molecule has 0 amide bonds. The van der Waals surface area contributed by atoms with Crippen molar-refractivity contribution in [2.24, 2.45) is 0 Å². The average Bonchev–Trinajstić information content (AvgIpc) is 4.15. The van der Waals surface area contributed by atoms with Crippen LogP contribution in [0.15, 0.2) is 223 Å². The van der Waals surface area contributed by atoms with Gasteiger partial charge in [0.2, 0.25) is 0 Å². The summed E-state index contributed by atoms with van der Waals surface area (Å²) in [6.07, 6.45) is 0. The quantitative estimate of drug-likeness (QED) is 0.120. The Morgan fingerprint density at radius 1 is 0.277 bits per heavy atom. The van der Waals surface area contributed by atoms with Crippen molar-refractivity contribution in [3.63, 3.8) is 0 Å². The number of para-hydroxylation sites is 1. The minimum atomic E-state index is -3.00. The van der Waals surface area contributed by atoms with Crippen LogP contribution in [0.4, 0.5) is 0 Å². The largest absolute Gasteiger partial charge is 0.456 e. The molecule has 0 atom stereocenters. The molecule has 0 saturated carbocycles. The Morgan fingerprint density at radius 3 is 1.28 bits per heavy atom. The number of benzene rings is 10. The van der Waals surface area contributed by atoms with E-state index in [-0.39, 0.29) is 0 Å². The van der Waals surface area contributed by atoms with Gasteiger partial charge in [0.05, 0.1) is 0 Å². The molecule has 4 heterocycles. The fraction of sp³-hybridized carbons (Fsp3) is 0. The Morgan fingerprint density at radius 2 is 0.692 bits per heavy atom. The summed E-state index contributed by atoms with van der Waals surface area (Å²) in [6.45, 7) is 0. The van der Waals surface area contributed by atoms with Gasteiger partial charge in [0, 0.05) is 71.3 Å². The molecular formula is C60H36OS3Si. The van der Waals surface area contributed by atoms with Crippen LogP contribution in [0, 0.1) is 0 Å². The molecule has 0 aliphatic heterocycles. The molecular weight excluding hydrogens is 861 g/mol. The molecule has 0 fully saturated rings. The zero-order valence-electron chi connectivity index (χ0n) is 34.9. The van der Waals surface area contributed by atoms with Gasteiger partial charge < -0.3 is 4.42 Å². The monoisotopic (exact) mass is 896 g/mol. The van der Waals surface area contributed by atoms with Crippen molar-refractivity contribution in [2.75, 3.05) is 0 Å². The van der Waals surface area contributed by atoms with Crippen molar-refractivity contribution in [3.8, 4) is 22.3 Å². The minimum absolute atomic E-state index is 0.920. The molecule has 0 saturated heterocycles. The summed E-state index contributed by atoms with van der Waals surface area (Å²) in [5.41, 5.74) is 6.76. The third-order valence-corrected chi connectivity index (χ3v) is 22.4. The predicted molar refractivity (Wildman–Crippen MR) is 287 cm³/mol. The molecule has 5 heteroatoms. The van der Waals surface area contributed by atoms with E-state index < -0.39 is 8.07 Å². The standard InChI is InChI=1S/C60H36OS3Si/c1-3-13-41(14-4-1)65(42-15-5-2-6-16-42,57-23-11-19-45-49-35-39(27-31-55(49)63-59(45)57)37-25-29-52-47(33-37)43-17-7-9-21-51(43)61-52)58-24-12-20-46-50-36-40(28-32-56(50)64-60(46)58)38-26-30-54-48(34-38)44-18-8-10-22-53(44)62-54/h1-36H. The number of rotatable bonds is 6. The fourth-order valence-corrected chi connectivity index (χ4v) is 20.1. The summed E-state index contributed by atoms with van der Waals surface area (Å²) in [4.78, 5) is 0. The third-order valence-electron chi connectivity index (χ3n) is 13.6. The zero-order valence-corrected chi connectivity index (χ0v) is 38.4. The molecule has 14 rings (SSSR count). The van der Waals surface area contributed by atoms with E-state index in [1.807, 2.05) is 40.1 Å². The van der Waals surface area contributed by atoms with Gasteiger partial charge in [0.1, 0.15) is 11.2 Å². The Labute approximate surface area is 387 Å². The van der Waals surface area contributed by atoms with Crippen molar-refractivity contribution >= 4 is 145 Å². The summed E-state index contributed by atoms with van der Waals surface area (Å²) >= 11 is 5.77. The van der Waals surface area contributed by atoms with E-state index in [2.05, 4.69) is 212 Å². The van der Waals surface area contributed by atoms with Gasteiger partial charge in [-0.2, -0.15) is 0 Å². The molecule has 0 unspecified atom stereocenters. The second kappa shape index (κ2) is 14.4. The maximum atomic E-state index is 6.21. The lowest BCUT2D eigenvalue weighted by atomic mass is 10.0. The van der Waals surface area contributed by atoms with E-state index in [1.54, 1.807) is 0 Å². The highest BCUT2D eigenvalue weighted by molar-refractivity contribution is 7.33. The van der Waals surface area contributed by atoms with Gasteiger partial charge in [-0.1, -0.05) is 158 Å². The molecule has 0 spiro atoms. The lowest BCUT2D eigenvalue weighted by molar-refractivity contribution is 0.669. The van der Waals surface area contributed by atoms with Crippen LogP contribution < -0.4 is 20.7 Å². The van der Waals surface area contributed by atoms with E-state index in [0.29, 0.717) is 0 Å². The minimum Gasteiger partial charge on any atom is -0.456 e. The van der Waals surface area contributed by atoms with Crippen LogP contribution in [0.1, 0.15) is 0 Å². The van der Waals surface area contributed by atoms with Crippen molar-refractivity contribution in [3.05, 3.63) is 218 Å². The lowest BCUT2D eigenvalue weighted by Gasteiger charge is -2.35. The summed E-state index contributed by atoms with van der Waals surface area (Å²) in [5, 5.41) is 15.9. The topological polar surface area (TPSA) is 13.1 Å². The maximum absolute atomic E-state index is 6.21. The first kappa shape index (κ1) is 37.3. The highest BCUT2D eigenvalue weighted by Crippen LogP contribution is 2.42. The molecule has 10 aromatic carbocycles. The normalized spacial score (nSPS) is 12.3. The highest BCUT2D eigenvalue weighted by atomic mass is 32.1. The Balaban J connectivity index is 0.993. The van der Waals surface area contributed by atoms with Crippen LogP contribution in [0.5, 0.6) is 0 Å². The SMILES string of the molecule is c1ccc([Si](c2ccccc2)(c2cccc3c2sc2ccc(-c4ccc5oc6ccccc6c5c4)cc23)c2cccc3c2sc2ccc(-c4ccc5sc6ccccc6c5c4)cc23)cc1. The van der Waals surface area contributed by atoms with E-state index in [4.69, 9.17) is 4.42 Å². The van der Waals surface area contributed by atoms with E-state index in [0.717, 1.165) is 21.9 Å². The molecule has 65 heavy (non-hydrogen) atoms. The number of fused-ring (bicyclic) bond motifs is 12. The summed E-state index contributed by atoms with van der Waals surface area (Å²) < 4.78 is 14.2. The van der Waals surface area contributed by atoms with Crippen LogP contribution in [0.2, 0.25) is 0 Å². The highest BCUT2D eigenvalue weighted by Gasteiger charge is 2.44. The van der Waals surface area contributed by atoms with Crippen molar-refractivity contribution in [1.29, 1.82) is 0 Å². The van der Waals surface area contributed by atoms with Gasteiger partial charge in [-0.15, -0.1) is 34.0 Å². The van der Waals surface area contributed by atoms with Gasteiger partial charge in [-0.05, 0) is 104 Å². The Kier molecular flexibility index (Phi) is 8.28. The second-order valence-corrected chi connectivity index (χ2v) is 24.0. The van der Waals surface area contributed by atoms with Crippen LogP contribution >= 0.6 is 34.0 Å². The lowest BCUT2D eigenvalue weighted by Crippen LogP contribution is -2.74. The fourth-order valence-electron chi connectivity index (χ4n) is 10.7. The van der Waals surface area contributed by atoms with Crippen LogP contribution in [0.3, 0.4) is 0 Å². The van der Waals surface area contributed by atoms with Crippen LogP contribution in [-0.4, -0.2) is 8.07 Å². The number of hydrogen-bond donors (Lipinski definition) is 0. The number of hydrogen-bond acceptors (Lipinski definition) is 4. The van der Waals surface area contributed by atoms with E-state index >= 15 is 0 Å². The Hall–Kier alpha value is -7.12. The van der Waals surface area contributed by atoms with Crippen molar-refractivity contribution in [2.45, 2.75) is 0 Å². The first-order chi connectivity index (χ1) is 32.2. The molecule has 0 radical (unpaired) electrons. The van der Waals surface area contributed by atoms with E-state index in [9.17, 15) is 0 Å². The number of furan rings is 1. The van der Waals surface area contributed by atoms with Gasteiger partial charge in [-0.25, -0.2) is 0 Å². The average molecular weight is 897 g/mol. The van der Waals surface area contributed by atoms with Crippen LogP contribution in [-0.2, 0) is 0 Å². The molecule has 1 nitrogen and oxygen atoms in total. The predicted octanol–water partition coefficient (Wildman–Crippen LogP) is 15.4. The summed E-state index contributed by atoms with van der Waals surface area (Å²) in [7, 11) is -3.00. The molecule has 0 bridgehead atoms.